The molecule has 0 radical (unpaired) electrons. The Balaban J connectivity index is 1.83. The van der Waals surface area contributed by atoms with E-state index in [-0.39, 0.29) is 0 Å². The van der Waals surface area contributed by atoms with E-state index in [1.807, 2.05) is 0 Å². The van der Waals surface area contributed by atoms with Crippen LogP contribution >= 0.6 is 0 Å². The SMILES string of the molecule is CC(C)N1CCC(CN2C(C)CN(C(C)C)C[C@@H]2C)CC1. The molecule has 0 saturated carbocycles. The standard InChI is InChI=1S/C18H37N3/c1-14(2)19-9-7-18(8-10-19)13-21-16(5)11-20(15(3)4)12-17(21)6/h14-18H,7-13H2,1-6H3/t16-,17?/m0/s1. The van der Waals surface area contributed by atoms with Crippen molar-refractivity contribution in [1.29, 1.82) is 0 Å². The monoisotopic (exact) mass is 295 g/mol. The number of rotatable bonds is 4. The Kier molecular flexibility index (Phi) is 6.10. The highest BCUT2D eigenvalue weighted by Gasteiger charge is 2.32. The smallest absolute Gasteiger partial charge is 0.0198 e. The first-order chi connectivity index (χ1) is 9.88. The number of hydrogen-bond acceptors (Lipinski definition) is 3. The van der Waals surface area contributed by atoms with Gasteiger partial charge in [-0.2, -0.15) is 0 Å². The molecule has 124 valence electrons. The maximum Gasteiger partial charge on any atom is 0.0198 e. The zero-order valence-corrected chi connectivity index (χ0v) is 15.2. The van der Waals surface area contributed by atoms with E-state index in [0.29, 0.717) is 18.1 Å². The van der Waals surface area contributed by atoms with Gasteiger partial charge in [-0.25, -0.2) is 0 Å². The summed E-state index contributed by atoms with van der Waals surface area (Å²) >= 11 is 0. The largest absolute Gasteiger partial charge is 0.301 e. The minimum atomic E-state index is 0.686. The first-order valence-corrected chi connectivity index (χ1v) is 9.12. The third kappa shape index (κ3) is 4.43. The van der Waals surface area contributed by atoms with Crippen LogP contribution in [0.4, 0.5) is 0 Å². The molecule has 2 atom stereocenters. The molecule has 3 heteroatoms. The predicted molar refractivity (Wildman–Crippen MR) is 91.8 cm³/mol. The quantitative estimate of drug-likeness (QED) is 0.789. The summed E-state index contributed by atoms with van der Waals surface area (Å²) in [4.78, 5) is 8.07. The second-order valence-corrected chi connectivity index (χ2v) is 8.02. The fourth-order valence-corrected chi connectivity index (χ4v) is 4.13. The molecule has 21 heavy (non-hydrogen) atoms. The summed E-state index contributed by atoms with van der Waals surface area (Å²) in [5.41, 5.74) is 0. The molecule has 1 unspecified atom stereocenters. The molecule has 0 bridgehead atoms. The lowest BCUT2D eigenvalue weighted by Gasteiger charge is -2.48. The molecule has 0 amide bonds. The summed E-state index contributed by atoms with van der Waals surface area (Å²) < 4.78 is 0. The van der Waals surface area contributed by atoms with Crippen LogP contribution in [-0.2, 0) is 0 Å². The van der Waals surface area contributed by atoms with Gasteiger partial charge in [0, 0.05) is 43.8 Å². The fraction of sp³-hybridized carbons (Fsp3) is 1.00. The molecule has 0 N–H and O–H groups in total. The molecule has 0 aromatic carbocycles. The van der Waals surface area contributed by atoms with E-state index in [9.17, 15) is 0 Å². The summed E-state index contributed by atoms with van der Waals surface area (Å²) in [6, 6.07) is 2.82. The second kappa shape index (κ2) is 7.43. The average Bonchev–Trinajstić information content (AvgIpc) is 2.43. The van der Waals surface area contributed by atoms with Gasteiger partial charge in [0.2, 0.25) is 0 Å². The fourth-order valence-electron chi connectivity index (χ4n) is 4.13. The van der Waals surface area contributed by atoms with Crippen molar-refractivity contribution in [3.8, 4) is 0 Å². The molecule has 0 aromatic rings. The highest BCUT2D eigenvalue weighted by molar-refractivity contribution is 4.88. The van der Waals surface area contributed by atoms with Gasteiger partial charge in [-0.1, -0.05) is 0 Å². The van der Waals surface area contributed by atoms with Crippen LogP contribution in [0.5, 0.6) is 0 Å². The molecule has 2 saturated heterocycles. The van der Waals surface area contributed by atoms with Crippen LogP contribution in [0, 0.1) is 5.92 Å². The third-order valence-electron chi connectivity index (χ3n) is 5.71. The van der Waals surface area contributed by atoms with Gasteiger partial charge < -0.3 is 4.90 Å². The van der Waals surface area contributed by atoms with Gasteiger partial charge in [0.25, 0.3) is 0 Å². The van der Waals surface area contributed by atoms with Crippen molar-refractivity contribution in [2.75, 3.05) is 32.7 Å². The Bertz CT molecular complexity index is 296. The van der Waals surface area contributed by atoms with E-state index < -0.39 is 0 Å². The second-order valence-electron chi connectivity index (χ2n) is 8.02. The average molecular weight is 296 g/mol. The Hall–Kier alpha value is -0.120. The zero-order chi connectivity index (χ0) is 15.6. The lowest BCUT2D eigenvalue weighted by molar-refractivity contribution is 0.00510. The van der Waals surface area contributed by atoms with Crippen LogP contribution in [0.1, 0.15) is 54.4 Å². The lowest BCUT2D eigenvalue weighted by Crippen LogP contribution is -2.59. The van der Waals surface area contributed by atoms with E-state index >= 15 is 0 Å². The molecule has 2 aliphatic rings. The summed E-state index contributed by atoms with van der Waals surface area (Å²) in [5, 5.41) is 0. The summed E-state index contributed by atoms with van der Waals surface area (Å²) in [6.45, 7) is 20.6. The van der Waals surface area contributed by atoms with Crippen LogP contribution in [-0.4, -0.2) is 71.6 Å². The predicted octanol–water partition coefficient (Wildman–Crippen LogP) is 2.91. The number of likely N-dealkylation sites (tertiary alicyclic amines) is 1. The number of hydrogen-bond donors (Lipinski definition) is 0. The first-order valence-electron chi connectivity index (χ1n) is 9.12. The molecule has 0 aliphatic carbocycles. The van der Waals surface area contributed by atoms with Crippen LogP contribution in [0.3, 0.4) is 0 Å². The number of nitrogens with zero attached hydrogens (tertiary/aromatic N) is 3. The molecule has 2 rings (SSSR count). The maximum absolute atomic E-state index is 2.79. The van der Waals surface area contributed by atoms with Crippen molar-refractivity contribution in [3.05, 3.63) is 0 Å². The maximum atomic E-state index is 2.79. The van der Waals surface area contributed by atoms with E-state index in [4.69, 9.17) is 0 Å². The van der Waals surface area contributed by atoms with Crippen LogP contribution < -0.4 is 0 Å². The van der Waals surface area contributed by atoms with E-state index in [1.165, 1.54) is 45.6 Å². The first kappa shape index (κ1) is 17.2. The van der Waals surface area contributed by atoms with E-state index in [2.05, 4.69) is 56.2 Å². The van der Waals surface area contributed by atoms with Crippen molar-refractivity contribution in [3.63, 3.8) is 0 Å². The topological polar surface area (TPSA) is 9.72 Å². The molecular formula is C18H37N3. The van der Waals surface area contributed by atoms with Gasteiger partial charge >= 0.3 is 0 Å². The van der Waals surface area contributed by atoms with Crippen LogP contribution in [0.15, 0.2) is 0 Å². The zero-order valence-electron chi connectivity index (χ0n) is 15.2. The summed E-state index contributed by atoms with van der Waals surface area (Å²) in [6.07, 6.45) is 2.78. The Morgan fingerprint density at radius 3 is 1.71 bits per heavy atom. The van der Waals surface area contributed by atoms with Crippen molar-refractivity contribution >= 4 is 0 Å². The summed E-state index contributed by atoms with van der Waals surface area (Å²) in [5.74, 6) is 0.912. The molecule has 3 nitrogen and oxygen atoms in total. The van der Waals surface area contributed by atoms with Crippen molar-refractivity contribution in [1.82, 2.24) is 14.7 Å². The highest BCUT2D eigenvalue weighted by atomic mass is 15.3. The third-order valence-corrected chi connectivity index (χ3v) is 5.71. The van der Waals surface area contributed by atoms with Gasteiger partial charge in [-0.3, -0.25) is 9.80 Å². The van der Waals surface area contributed by atoms with Gasteiger partial charge in [0.1, 0.15) is 0 Å². The van der Waals surface area contributed by atoms with Crippen molar-refractivity contribution in [2.45, 2.75) is 78.6 Å². The van der Waals surface area contributed by atoms with E-state index in [1.54, 1.807) is 0 Å². The Morgan fingerprint density at radius 1 is 0.810 bits per heavy atom. The molecule has 0 aromatic heterocycles. The molecule has 2 aliphatic heterocycles. The van der Waals surface area contributed by atoms with Crippen molar-refractivity contribution in [2.24, 2.45) is 5.92 Å². The highest BCUT2D eigenvalue weighted by Crippen LogP contribution is 2.24. The van der Waals surface area contributed by atoms with E-state index in [0.717, 1.165) is 12.0 Å². The molecular weight excluding hydrogens is 258 g/mol. The van der Waals surface area contributed by atoms with Gasteiger partial charge in [-0.15, -0.1) is 0 Å². The Labute approximate surface area is 132 Å². The minimum absolute atomic E-state index is 0.686. The Morgan fingerprint density at radius 2 is 1.29 bits per heavy atom. The van der Waals surface area contributed by atoms with Gasteiger partial charge in [-0.05, 0) is 73.4 Å². The van der Waals surface area contributed by atoms with Gasteiger partial charge in [0.05, 0.1) is 0 Å². The van der Waals surface area contributed by atoms with Crippen LogP contribution in [0.25, 0.3) is 0 Å². The molecule has 2 fully saturated rings. The number of piperazine rings is 1. The normalized spacial score (nSPS) is 31.4. The molecule has 0 spiro atoms. The van der Waals surface area contributed by atoms with Crippen molar-refractivity contribution < 1.29 is 0 Å². The minimum Gasteiger partial charge on any atom is -0.301 e. The molecule has 2 heterocycles. The lowest BCUT2D eigenvalue weighted by atomic mass is 9.93. The number of piperidine rings is 1. The van der Waals surface area contributed by atoms with Crippen LogP contribution in [0.2, 0.25) is 0 Å². The van der Waals surface area contributed by atoms with Gasteiger partial charge in [0.15, 0.2) is 0 Å². The summed E-state index contributed by atoms with van der Waals surface area (Å²) in [7, 11) is 0.